The molecule has 3 rings (SSSR count). The molecule has 2 aromatic carbocycles. The third-order valence-electron chi connectivity index (χ3n) is 4.57. The van der Waals surface area contributed by atoms with Gasteiger partial charge < -0.3 is 9.64 Å². The number of ether oxygens (including phenoxy) is 1. The first kappa shape index (κ1) is 17.2. The van der Waals surface area contributed by atoms with Crippen LogP contribution in [0, 0.1) is 12.8 Å². The number of carbonyl (C=O) groups is 2. The number of amides is 1. The van der Waals surface area contributed by atoms with E-state index in [1.807, 2.05) is 57.2 Å². The highest BCUT2D eigenvalue weighted by Gasteiger charge is 2.37. The van der Waals surface area contributed by atoms with E-state index in [-0.39, 0.29) is 17.6 Å². The van der Waals surface area contributed by atoms with Gasteiger partial charge in [-0.3, -0.25) is 9.59 Å². The number of hydrogen-bond acceptors (Lipinski definition) is 3. The molecule has 2 aromatic rings. The zero-order chi connectivity index (χ0) is 18.1. The van der Waals surface area contributed by atoms with Crippen LogP contribution in [0.2, 0.25) is 0 Å². The Hall–Kier alpha value is -2.62. The predicted octanol–water partition coefficient (Wildman–Crippen LogP) is 4.15. The van der Waals surface area contributed by atoms with Gasteiger partial charge in [0.1, 0.15) is 5.75 Å². The van der Waals surface area contributed by atoms with Crippen LogP contribution in [0.5, 0.6) is 5.75 Å². The summed E-state index contributed by atoms with van der Waals surface area (Å²) in [5, 5.41) is 0. The van der Waals surface area contributed by atoms with Crippen molar-refractivity contribution < 1.29 is 14.3 Å². The molecular formula is C21H23NO3. The molecule has 1 unspecified atom stereocenters. The number of ketones is 1. The largest absolute Gasteiger partial charge is 0.478 e. The van der Waals surface area contributed by atoms with Crippen molar-refractivity contribution in [2.75, 3.05) is 4.90 Å². The highest BCUT2D eigenvalue weighted by Crippen LogP contribution is 2.39. The number of benzene rings is 2. The SMILES string of the molecule is CC(=O)c1ccccc1CN1C(=O)C(C(C)C)Oc2c(C)cccc21. The molecule has 0 bridgehead atoms. The van der Waals surface area contributed by atoms with Gasteiger partial charge in [0, 0.05) is 5.56 Å². The molecule has 0 radical (unpaired) electrons. The van der Waals surface area contributed by atoms with E-state index in [4.69, 9.17) is 4.74 Å². The standard InChI is InChI=1S/C21H23NO3/c1-13(2)19-21(24)22(18-11-7-8-14(3)20(18)25-19)12-16-9-5-6-10-17(16)15(4)23/h5-11,13,19H,12H2,1-4H3. The number of aryl methyl sites for hydroxylation is 1. The van der Waals surface area contributed by atoms with Gasteiger partial charge in [0.25, 0.3) is 5.91 Å². The average molecular weight is 337 g/mol. The molecule has 1 aliphatic heterocycles. The second kappa shape index (κ2) is 6.71. The monoisotopic (exact) mass is 337 g/mol. The lowest BCUT2D eigenvalue weighted by Gasteiger charge is -2.37. The Balaban J connectivity index is 2.07. The summed E-state index contributed by atoms with van der Waals surface area (Å²) < 4.78 is 6.02. The number of fused-ring (bicyclic) bond motifs is 1. The molecule has 130 valence electrons. The third kappa shape index (κ3) is 3.16. The van der Waals surface area contributed by atoms with E-state index < -0.39 is 6.10 Å². The summed E-state index contributed by atoms with van der Waals surface area (Å²) in [4.78, 5) is 26.7. The topological polar surface area (TPSA) is 46.6 Å². The molecule has 0 spiro atoms. The maximum Gasteiger partial charge on any atom is 0.268 e. The molecule has 25 heavy (non-hydrogen) atoms. The number of anilines is 1. The summed E-state index contributed by atoms with van der Waals surface area (Å²) in [6, 6.07) is 13.2. The van der Waals surface area contributed by atoms with Crippen LogP contribution in [0.3, 0.4) is 0 Å². The average Bonchev–Trinajstić information content (AvgIpc) is 2.57. The molecule has 1 amide bonds. The van der Waals surface area contributed by atoms with E-state index in [0.29, 0.717) is 12.1 Å². The van der Waals surface area contributed by atoms with Crippen LogP contribution in [-0.4, -0.2) is 17.8 Å². The number of carbonyl (C=O) groups excluding carboxylic acids is 2. The van der Waals surface area contributed by atoms with E-state index in [9.17, 15) is 9.59 Å². The quantitative estimate of drug-likeness (QED) is 0.788. The first-order valence-electron chi connectivity index (χ1n) is 8.56. The summed E-state index contributed by atoms with van der Waals surface area (Å²) in [5.41, 5.74) is 3.26. The lowest BCUT2D eigenvalue weighted by Crippen LogP contribution is -2.48. The van der Waals surface area contributed by atoms with Crippen LogP contribution in [0.15, 0.2) is 42.5 Å². The molecule has 0 aliphatic carbocycles. The number of nitrogens with zero attached hydrogens (tertiary/aromatic N) is 1. The molecule has 0 aromatic heterocycles. The fourth-order valence-corrected chi connectivity index (χ4v) is 3.21. The van der Waals surface area contributed by atoms with Crippen molar-refractivity contribution in [3.8, 4) is 5.75 Å². The van der Waals surface area contributed by atoms with Crippen LogP contribution >= 0.6 is 0 Å². The van der Waals surface area contributed by atoms with Gasteiger partial charge in [0.15, 0.2) is 11.9 Å². The lowest BCUT2D eigenvalue weighted by atomic mass is 9.99. The highest BCUT2D eigenvalue weighted by molar-refractivity contribution is 6.01. The maximum atomic E-state index is 13.0. The fourth-order valence-electron chi connectivity index (χ4n) is 3.21. The summed E-state index contributed by atoms with van der Waals surface area (Å²) in [5.74, 6) is 0.750. The minimum absolute atomic E-state index is 0.00110. The van der Waals surface area contributed by atoms with E-state index in [2.05, 4.69) is 0 Å². The third-order valence-corrected chi connectivity index (χ3v) is 4.57. The van der Waals surface area contributed by atoms with Crippen molar-refractivity contribution in [1.29, 1.82) is 0 Å². The van der Waals surface area contributed by atoms with E-state index in [0.717, 1.165) is 22.6 Å². The first-order valence-corrected chi connectivity index (χ1v) is 8.56. The van der Waals surface area contributed by atoms with Crippen LogP contribution in [0.25, 0.3) is 0 Å². The van der Waals surface area contributed by atoms with Gasteiger partial charge in [0.05, 0.1) is 12.2 Å². The number of hydrogen-bond donors (Lipinski definition) is 0. The summed E-state index contributed by atoms with van der Waals surface area (Å²) in [7, 11) is 0. The van der Waals surface area contributed by atoms with Crippen LogP contribution < -0.4 is 9.64 Å². The molecule has 0 saturated carbocycles. The summed E-state index contributed by atoms with van der Waals surface area (Å²) in [6.45, 7) is 7.85. The van der Waals surface area contributed by atoms with Crippen LogP contribution in [-0.2, 0) is 11.3 Å². The van der Waals surface area contributed by atoms with Gasteiger partial charge >= 0.3 is 0 Å². The summed E-state index contributed by atoms with van der Waals surface area (Å²) >= 11 is 0. The Morgan fingerprint density at radius 1 is 1.16 bits per heavy atom. The predicted molar refractivity (Wildman–Crippen MR) is 98.1 cm³/mol. The molecule has 0 N–H and O–H groups in total. The second-order valence-electron chi connectivity index (χ2n) is 6.84. The minimum Gasteiger partial charge on any atom is -0.478 e. The molecule has 0 fully saturated rings. The van der Waals surface area contributed by atoms with Gasteiger partial charge in [0.2, 0.25) is 0 Å². The van der Waals surface area contributed by atoms with E-state index >= 15 is 0 Å². The Labute approximate surface area is 148 Å². The molecule has 1 heterocycles. The smallest absolute Gasteiger partial charge is 0.268 e. The van der Waals surface area contributed by atoms with Crippen molar-refractivity contribution in [1.82, 2.24) is 0 Å². The van der Waals surface area contributed by atoms with Crippen molar-refractivity contribution in [2.45, 2.75) is 40.3 Å². The van der Waals surface area contributed by atoms with Crippen LogP contribution in [0.1, 0.15) is 42.3 Å². The van der Waals surface area contributed by atoms with Gasteiger partial charge in [-0.25, -0.2) is 0 Å². The van der Waals surface area contributed by atoms with E-state index in [1.165, 1.54) is 0 Å². The van der Waals surface area contributed by atoms with Gasteiger partial charge in [-0.2, -0.15) is 0 Å². The first-order chi connectivity index (χ1) is 11.9. The van der Waals surface area contributed by atoms with Crippen molar-refractivity contribution in [2.24, 2.45) is 5.92 Å². The molecule has 4 heteroatoms. The highest BCUT2D eigenvalue weighted by atomic mass is 16.5. The minimum atomic E-state index is -0.516. The van der Waals surface area contributed by atoms with Gasteiger partial charge in [-0.15, -0.1) is 0 Å². The molecule has 1 atom stereocenters. The van der Waals surface area contributed by atoms with Crippen molar-refractivity contribution >= 4 is 17.4 Å². The Morgan fingerprint density at radius 2 is 1.88 bits per heavy atom. The Morgan fingerprint density at radius 3 is 2.56 bits per heavy atom. The Bertz CT molecular complexity index is 826. The van der Waals surface area contributed by atoms with Crippen LogP contribution in [0.4, 0.5) is 5.69 Å². The maximum absolute atomic E-state index is 13.0. The fraction of sp³-hybridized carbons (Fsp3) is 0.333. The van der Waals surface area contributed by atoms with Crippen molar-refractivity contribution in [3.05, 3.63) is 59.2 Å². The summed E-state index contributed by atoms with van der Waals surface area (Å²) in [6.07, 6.45) is -0.516. The second-order valence-corrected chi connectivity index (χ2v) is 6.84. The Kier molecular flexibility index (Phi) is 4.62. The number of Topliss-reactive ketones (excluding diaryl/α,β-unsaturated/α-hetero) is 1. The zero-order valence-corrected chi connectivity index (χ0v) is 15.1. The lowest BCUT2D eigenvalue weighted by molar-refractivity contribution is -0.128. The van der Waals surface area contributed by atoms with Gasteiger partial charge in [-0.05, 0) is 37.0 Å². The molecule has 0 saturated heterocycles. The molecular weight excluding hydrogens is 314 g/mol. The molecule has 1 aliphatic rings. The molecule has 4 nitrogen and oxygen atoms in total. The number of rotatable bonds is 4. The normalized spacial score (nSPS) is 16.6. The van der Waals surface area contributed by atoms with Crippen molar-refractivity contribution in [3.63, 3.8) is 0 Å². The number of para-hydroxylation sites is 1. The van der Waals surface area contributed by atoms with E-state index in [1.54, 1.807) is 17.9 Å². The van der Waals surface area contributed by atoms with Gasteiger partial charge in [-0.1, -0.05) is 50.2 Å². The zero-order valence-electron chi connectivity index (χ0n) is 15.1.